The van der Waals surface area contributed by atoms with Crippen LogP contribution in [0, 0.1) is 6.07 Å². The van der Waals surface area contributed by atoms with Crippen molar-refractivity contribution >= 4 is 11.6 Å². The van der Waals surface area contributed by atoms with Crippen molar-refractivity contribution in [2.75, 3.05) is 11.4 Å². The maximum absolute atomic E-state index is 12.5. The standard InChI is InChI=1S/C19H20NO/c1-14(2)16-9-7-15(8-10-16)13-19(21)20-12-11-17-5-3-4-6-18(17)20/h3,5-10,14H,11-13H2,1-2H3. The first-order valence-corrected chi connectivity index (χ1v) is 7.53. The van der Waals surface area contributed by atoms with Gasteiger partial charge in [0.05, 0.1) is 6.42 Å². The summed E-state index contributed by atoms with van der Waals surface area (Å²) in [6.07, 6.45) is 1.41. The molecule has 0 unspecified atom stereocenters. The van der Waals surface area contributed by atoms with E-state index in [1.165, 1.54) is 11.1 Å². The molecule has 0 spiro atoms. The van der Waals surface area contributed by atoms with Crippen molar-refractivity contribution < 1.29 is 4.79 Å². The molecule has 2 aromatic rings. The number of benzene rings is 2. The van der Waals surface area contributed by atoms with E-state index in [4.69, 9.17) is 0 Å². The highest BCUT2D eigenvalue weighted by Crippen LogP contribution is 2.27. The van der Waals surface area contributed by atoms with Gasteiger partial charge in [0.25, 0.3) is 0 Å². The second-order valence-electron chi connectivity index (χ2n) is 5.92. The van der Waals surface area contributed by atoms with Gasteiger partial charge in [0.2, 0.25) is 5.91 Å². The van der Waals surface area contributed by atoms with Crippen molar-refractivity contribution in [2.24, 2.45) is 0 Å². The lowest BCUT2D eigenvalue weighted by Crippen LogP contribution is -2.30. The lowest BCUT2D eigenvalue weighted by Gasteiger charge is -2.17. The Labute approximate surface area is 126 Å². The molecule has 0 aliphatic carbocycles. The maximum Gasteiger partial charge on any atom is 0.231 e. The Hall–Kier alpha value is -2.09. The largest absolute Gasteiger partial charge is 0.312 e. The Morgan fingerprint density at radius 3 is 2.71 bits per heavy atom. The molecule has 1 radical (unpaired) electrons. The summed E-state index contributed by atoms with van der Waals surface area (Å²) in [5.41, 5.74) is 4.67. The molecule has 1 aliphatic heterocycles. The van der Waals surface area contributed by atoms with E-state index in [0.717, 1.165) is 24.2 Å². The third-order valence-electron chi connectivity index (χ3n) is 4.13. The summed E-state index contributed by atoms with van der Waals surface area (Å²) in [7, 11) is 0. The zero-order chi connectivity index (χ0) is 14.8. The van der Waals surface area contributed by atoms with Gasteiger partial charge < -0.3 is 4.90 Å². The topological polar surface area (TPSA) is 20.3 Å². The van der Waals surface area contributed by atoms with Gasteiger partial charge in [-0.25, -0.2) is 0 Å². The van der Waals surface area contributed by atoms with Gasteiger partial charge in [-0.2, -0.15) is 0 Å². The predicted molar refractivity (Wildman–Crippen MR) is 85.6 cm³/mol. The van der Waals surface area contributed by atoms with Crippen LogP contribution in [0.2, 0.25) is 0 Å². The van der Waals surface area contributed by atoms with E-state index in [9.17, 15) is 4.79 Å². The highest BCUT2D eigenvalue weighted by molar-refractivity contribution is 5.96. The van der Waals surface area contributed by atoms with Crippen LogP contribution in [0.5, 0.6) is 0 Å². The molecule has 2 heteroatoms. The average molecular weight is 278 g/mol. The first kappa shape index (κ1) is 13.9. The van der Waals surface area contributed by atoms with Crippen molar-refractivity contribution in [3.05, 3.63) is 65.2 Å². The monoisotopic (exact) mass is 278 g/mol. The molecule has 2 aromatic carbocycles. The lowest BCUT2D eigenvalue weighted by atomic mass is 10.0. The Morgan fingerprint density at radius 2 is 2.00 bits per heavy atom. The fourth-order valence-electron chi connectivity index (χ4n) is 2.82. The molecule has 0 saturated carbocycles. The van der Waals surface area contributed by atoms with E-state index in [-0.39, 0.29) is 5.91 Å². The second-order valence-corrected chi connectivity index (χ2v) is 5.92. The Bertz CT molecular complexity index is 643. The molecule has 2 nitrogen and oxygen atoms in total. The Balaban J connectivity index is 1.73. The van der Waals surface area contributed by atoms with Gasteiger partial charge in [-0.05, 0) is 41.2 Å². The Morgan fingerprint density at radius 1 is 1.24 bits per heavy atom. The summed E-state index contributed by atoms with van der Waals surface area (Å²) in [4.78, 5) is 14.4. The molecule has 1 amide bonds. The summed E-state index contributed by atoms with van der Waals surface area (Å²) in [5.74, 6) is 0.696. The zero-order valence-electron chi connectivity index (χ0n) is 12.6. The normalized spacial score (nSPS) is 13.6. The highest BCUT2D eigenvalue weighted by Gasteiger charge is 2.23. The number of hydrogen-bond acceptors (Lipinski definition) is 1. The number of carbonyl (C=O) groups is 1. The quantitative estimate of drug-likeness (QED) is 0.837. The van der Waals surface area contributed by atoms with Crippen LogP contribution in [0.25, 0.3) is 0 Å². The fraction of sp³-hybridized carbons (Fsp3) is 0.316. The smallest absolute Gasteiger partial charge is 0.231 e. The van der Waals surface area contributed by atoms with E-state index in [1.807, 2.05) is 17.0 Å². The molecular formula is C19H20NO. The number of nitrogens with zero attached hydrogens (tertiary/aromatic N) is 1. The number of carbonyl (C=O) groups excluding carboxylic acids is 1. The van der Waals surface area contributed by atoms with Gasteiger partial charge in [-0.1, -0.05) is 50.2 Å². The van der Waals surface area contributed by atoms with Gasteiger partial charge in [0.15, 0.2) is 0 Å². The Kier molecular flexibility index (Phi) is 3.78. The van der Waals surface area contributed by atoms with Crippen molar-refractivity contribution in [3.63, 3.8) is 0 Å². The molecule has 1 aliphatic rings. The van der Waals surface area contributed by atoms with Crippen molar-refractivity contribution in [3.8, 4) is 0 Å². The van der Waals surface area contributed by atoms with Crippen LogP contribution in [-0.2, 0) is 17.6 Å². The number of anilines is 1. The van der Waals surface area contributed by atoms with Crippen molar-refractivity contribution in [1.82, 2.24) is 0 Å². The summed E-state index contributed by atoms with van der Waals surface area (Å²) < 4.78 is 0. The molecule has 21 heavy (non-hydrogen) atoms. The molecule has 0 atom stereocenters. The molecular weight excluding hydrogens is 258 g/mol. The molecule has 0 fully saturated rings. The molecule has 1 heterocycles. The third-order valence-corrected chi connectivity index (χ3v) is 4.13. The van der Waals surface area contributed by atoms with Gasteiger partial charge in [0.1, 0.15) is 0 Å². The van der Waals surface area contributed by atoms with E-state index in [0.29, 0.717) is 12.3 Å². The van der Waals surface area contributed by atoms with Crippen LogP contribution in [0.4, 0.5) is 5.69 Å². The number of amides is 1. The summed E-state index contributed by atoms with van der Waals surface area (Å²) >= 11 is 0. The van der Waals surface area contributed by atoms with Gasteiger partial charge >= 0.3 is 0 Å². The minimum absolute atomic E-state index is 0.172. The zero-order valence-corrected chi connectivity index (χ0v) is 12.6. The summed E-state index contributed by atoms with van der Waals surface area (Å²) in [5, 5.41) is 0. The maximum atomic E-state index is 12.5. The molecule has 0 bridgehead atoms. The molecule has 107 valence electrons. The lowest BCUT2D eigenvalue weighted by molar-refractivity contribution is -0.117. The van der Waals surface area contributed by atoms with Crippen LogP contribution in [0.15, 0.2) is 42.5 Å². The van der Waals surface area contributed by atoms with Crippen LogP contribution < -0.4 is 4.90 Å². The van der Waals surface area contributed by atoms with Crippen LogP contribution in [0.3, 0.4) is 0 Å². The van der Waals surface area contributed by atoms with Gasteiger partial charge in [-0.3, -0.25) is 4.79 Å². The molecule has 0 saturated heterocycles. The van der Waals surface area contributed by atoms with E-state index in [2.05, 4.69) is 50.2 Å². The second kappa shape index (κ2) is 5.72. The minimum atomic E-state index is 0.172. The average Bonchev–Trinajstić information content (AvgIpc) is 2.92. The number of fused-ring (bicyclic) bond motifs is 1. The van der Waals surface area contributed by atoms with Crippen molar-refractivity contribution in [1.29, 1.82) is 0 Å². The molecule has 0 N–H and O–H groups in total. The van der Waals surface area contributed by atoms with Gasteiger partial charge in [-0.15, -0.1) is 0 Å². The number of hydrogen-bond donors (Lipinski definition) is 0. The fourth-order valence-corrected chi connectivity index (χ4v) is 2.82. The summed E-state index contributed by atoms with van der Waals surface area (Å²) in [6, 6.07) is 17.3. The highest BCUT2D eigenvalue weighted by atomic mass is 16.2. The SMILES string of the molecule is CC(C)c1ccc(CC(=O)N2CCc3cc[c]cc32)cc1. The first-order chi connectivity index (χ1) is 10.1. The van der Waals surface area contributed by atoms with E-state index < -0.39 is 0 Å². The first-order valence-electron chi connectivity index (χ1n) is 7.53. The molecule has 3 rings (SSSR count). The third kappa shape index (κ3) is 2.85. The minimum Gasteiger partial charge on any atom is -0.312 e. The summed E-state index contributed by atoms with van der Waals surface area (Å²) in [6.45, 7) is 5.14. The van der Waals surface area contributed by atoms with Crippen LogP contribution in [-0.4, -0.2) is 12.5 Å². The molecule has 0 aromatic heterocycles. The number of rotatable bonds is 3. The van der Waals surface area contributed by atoms with E-state index in [1.54, 1.807) is 0 Å². The van der Waals surface area contributed by atoms with Gasteiger partial charge in [0, 0.05) is 12.2 Å². The van der Waals surface area contributed by atoms with Crippen LogP contribution >= 0.6 is 0 Å². The van der Waals surface area contributed by atoms with Crippen LogP contribution in [0.1, 0.15) is 36.5 Å². The van der Waals surface area contributed by atoms with E-state index >= 15 is 0 Å². The predicted octanol–water partition coefficient (Wildman–Crippen LogP) is 3.74. The van der Waals surface area contributed by atoms with Crippen molar-refractivity contribution in [2.45, 2.75) is 32.6 Å².